The van der Waals surface area contributed by atoms with Crippen LogP contribution in [0.15, 0.2) is 34.8 Å². The topological polar surface area (TPSA) is 188 Å². The third kappa shape index (κ3) is 3.60. The standard InChI is InChI=1S/C25H27IN2O9/c1-5-11(30)37-21-13-8(2)12-9(26)6-7-10(29)14(12)19(31)15(13)22(33)25(36)17(21)18(28(3)4)20(32)16(23(25)34)24(27)35/h6-8,13,17-18,21,29,32-33,36H,5H2,1-4H3,(H2,27,35)/t8-,13-,17-,18-,21-,25-/m1/s1. The first kappa shape index (κ1) is 27.1. The third-order valence-corrected chi connectivity index (χ3v) is 8.53. The SMILES string of the molecule is CCC(=O)O[C@@H]1[C@H]2C(=C(O)[C@@]3(O)C(=O)C(C(N)=O)=C(O)[C@H](N(C)C)[C@H]13)C(=O)c1c(O)ccc(I)c1[C@H]2C. The first-order chi connectivity index (χ1) is 17.2. The van der Waals surface area contributed by atoms with Crippen LogP contribution in [0.4, 0.5) is 0 Å². The zero-order chi connectivity index (χ0) is 27.7. The van der Waals surface area contributed by atoms with Gasteiger partial charge in [-0.15, -0.1) is 0 Å². The Morgan fingerprint density at radius 3 is 2.35 bits per heavy atom. The number of carbonyl (C=O) groups is 4. The maximum absolute atomic E-state index is 13.8. The fourth-order valence-electron chi connectivity index (χ4n) is 6.00. The largest absolute Gasteiger partial charge is 0.510 e. The van der Waals surface area contributed by atoms with Crippen LogP contribution in [0, 0.1) is 15.4 Å². The van der Waals surface area contributed by atoms with Gasteiger partial charge in [-0.05, 0) is 60.3 Å². The number of esters is 1. The van der Waals surface area contributed by atoms with E-state index in [4.69, 9.17) is 10.5 Å². The van der Waals surface area contributed by atoms with E-state index in [1.807, 2.05) is 22.6 Å². The van der Waals surface area contributed by atoms with Crippen molar-refractivity contribution >= 4 is 46.0 Å². The molecule has 0 bridgehead atoms. The Morgan fingerprint density at radius 2 is 1.81 bits per heavy atom. The number of rotatable bonds is 4. The summed E-state index contributed by atoms with van der Waals surface area (Å²) in [6, 6.07) is 1.62. The van der Waals surface area contributed by atoms with E-state index >= 15 is 0 Å². The molecule has 0 radical (unpaired) electrons. The molecule has 3 aliphatic rings. The Balaban J connectivity index is 2.13. The molecule has 0 spiro atoms. The number of aliphatic hydroxyl groups is 3. The Labute approximate surface area is 225 Å². The number of primary amides is 1. The van der Waals surface area contributed by atoms with Crippen molar-refractivity contribution in [2.24, 2.45) is 17.6 Å². The summed E-state index contributed by atoms with van der Waals surface area (Å²) >= 11 is 2.00. The lowest BCUT2D eigenvalue weighted by Crippen LogP contribution is -2.69. The molecule has 0 unspecified atom stereocenters. The number of Topliss-reactive ketones (excluding diaryl/α,β-unsaturated/α-hetero) is 2. The van der Waals surface area contributed by atoms with E-state index in [0.717, 1.165) is 0 Å². The van der Waals surface area contributed by atoms with Gasteiger partial charge in [0.05, 0.1) is 17.5 Å². The molecule has 3 aliphatic carbocycles. The van der Waals surface area contributed by atoms with E-state index in [2.05, 4.69) is 0 Å². The van der Waals surface area contributed by atoms with Gasteiger partial charge in [-0.3, -0.25) is 24.1 Å². The second kappa shape index (κ2) is 9.10. The molecule has 11 nitrogen and oxygen atoms in total. The second-order valence-electron chi connectivity index (χ2n) is 9.72. The van der Waals surface area contributed by atoms with Gasteiger partial charge in [0.15, 0.2) is 11.4 Å². The Bertz CT molecular complexity index is 1320. The molecule has 198 valence electrons. The Hall–Kier alpha value is -2.97. The van der Waals surface area contributed by atoms with Gasteiger partial charge < -0.3 is 30.9 Å². The summed E-state index contributed by atoms with van der Waals surface area (Å²) in [7, 11) is 2.99. The van der Waals surface area contributed by atoms with Gasteiger partial charge >= 0.3 is 5.97 Å². The number of halogens is 1. The van der Waals surface area contributed by atoms with E-state index in [9.17, 15) is 39.6 Å². The number of phenols is 1. The lowest BCUT2D eigenvalue weighted by molar-refractivity contribution is -0.180. The average molecular weight is 626 g/mol. The van der Waals surface area contributed by atoms with Gasteiger partial charge in [-0.25, -0.2) is 0 Å². The van der Waals surface area contributed by atoms with E-state index in [-0.39, 0.29) is 17.7 Å². The van der Waals surface area contributed by atoms with Crippen LogP contribution in [-0.4, -0.2) is 80.6 Å². The maximum Gasteiger partial charge on any atom is 0.305 e. The number of likely N-dealkylation sites (N-methyl/N-ethyl adjacent to an activating group) is 1. The number of fused-ring (bicyclic) bond motifs is 3. The molecule has 4 rings (SSSR count). The summed E-state index contributed by atoms with van der Waals surface area (Å²) in [6.45, 7) is 3.25. The highest BCUT2D eigenvalue weighted by Crippen LogP contribution is 2.56. The van der Waals surface area contributed by atoms with E-state index < -0.39 is 81.6 Å². The molecule has 37 heavy (non-hydrogen) atoms. The van der Waals surface area contributed by atoms with Gasteiger partial charge in [0.1, 0.15) is 28.9 Å². The molecule has 6 atom stereocenters. The summed E-state index contributed by atoms with van der Waals surface area (Å²) < 4.78 is 6.41. The second-order valence-corrected chi connectivity index (χ2v) is 10.9. The molecule has 0 saturated heterocycles. The lowest BCUT2D eigenvalue weighted by atomic mass is 9.55. The molecule has 12 heteroatoms. The van der Waals surface area contributed by atoms with Crippen molar-refractivity contribution in [1.82, 2.24) is 4.90 Å². The summed E-state index contributed by atoms with van der Waals surface area (Å²) in [4.78, 5) is 53.6. The zero-order valence-corrected chi connectivity index (χ0v) is 22.6. The summed E-state index contributed by atoms with van der Waals surface area (Å²) in [5.41, 5.74) is 1.42. The summed E-state index contributed by atoms with van der Waals surface area (Å²) in [5, 5.41) is 45.0. The van der Waals surface area contributed by atoms with Crippen LogP contribution < -0.4 is 5.73 Å². The molecule has 1 aromatic carbocycles. The molecule has 0 heterocycles. The van der Waals surface area contributed by atoms with Crippen LogP contribution in [0.3, 0.4) is 0 Å². The molecule has 0 aromatic heterocycles. The van der Waals surface area contributed by atoms with Crippen molar-refractivity contribution in [2.45, 2.75) is 43.9 Å². The number of ketones is 2. The van der Waals surface area contributed by atoms with Crippen LogP contribution in [0.25, 0.3) is 0 Å². The smallest absolute Gasteiger partial charge is 0.305 e. The minimum absolute atomic E-state index is 0.0778. The highest BCUT2D eigenvalue weighted by Gasteiger charge is 2.68. The van der Waals surface area contributed by atoms with Crippen molar-refractivity contribution in [2.75, 3.05) is 14.1 Å². The van der Waals surface area contributed by atoms with E-state index in [1.165, 1.54) is 32.0 Å². The summed E-state index contributed by atoms with van der Waals surface area (Å²) in [5.74, 6) is -9.69. The third-order valence-electron chi connectivity index (χ3n) is 7.58. The minimum Gasteiger partial charge on any atom is -0.510 e. The molecule has 1 aromatic rings. The van der Waals surface area contributed by atoms with Gasteiger partial charge in [0, 0.05) is 21.5 Å². The Morgan fingerprint density at radius 1 is 1.19 bits per heavy atom. The number of aliphatic hydroxyl groups excluding tert-OH is 2. The number of carbonyl (C=O) groups excluding carboxylic acids is 4. The molecule has 0 saturated carbocycles. The predicted molar refractivity (Wildman–Crippen MR) is 137 cm³/mol. The van der Waals surface area contributed by atoms with Crippen molar-refractivity contribution < 1.29 is 44.3 Å². The fraction of sp³-hybridized carbons (Fsp3) is 0.440. The molecular weight excluding hydrogens is 599 g/mol. The first-order valence-electron chi connectivity index (χ1n) is 11.6. The molecule has 6 N–H and O–H groups in total. The number of aromatic hydroxyl groups is 1. The van der Waals surface area contributed by atoms with E-state index in [1.54, 1.807) is 13.0 Å². The van der Waals surface area contributed by atoms with E-state index in [0.29, 0.717) is 9.13 Å². The maximum atomic E-state index is 13.8. The fourth-order valence-corrected chi connectivity index (χ4v) is 6.94. The number of phenolic OH excluding ortho intramolecular Hbond substituents is 1. The van der Waals surface area contributed by atoms with Crippen molar-refractivity contribution in [3.8, 4) is 5.75 Å². The van der Waals surface area contributed by atoms with Crippen LogP contribution in [0.2, 0.25) is 0 Å². The van der Waals surface area contributed by atoms with Gasteiger partial charge in [0.2, 0.25) is 5.78 Å². The normalized spacial score (nSPS) is 31.2. The van der Waals surface area contributed by atoms with Gasteiger partial charge in [-0.1, -0.05) is 13.8 Å². The minimum atomic E-state index is -2.94. The lowest BCUT2D eigenvalue weighted by Gasteiger charge is -2.54. The van der Waals surface area contributed by atoms with Crippen LogP contribution >= 0.6 is 22.6 Å². The molecule has 1 amide bonds. The summed E-state index contributed by atoms with van der Waals surface area (Å²) in [6.07, 6.45) is -1.48. The highest BCUT2D eigenvalue weighted by atomic mass is 127. The van der Waals surface area contributed by atoms with Crippen molar-refractivity contribution in [3.63, 3.8) is 0 Å². The molecule has 0 aliphatic heterocycles. The number of nitrogens with zero attached hydrogens (tertiary/aromatic N) is 1. The van der Waals surface area contributed by atoms with Gasteiger partial charge in [0.25, 0.3) is 5.91 Å². The number of hydrogen-bond donors (Lipinski definition) is 5. The first-order valence-corrected chi connectivity index (χ1v) is 12.6. The number of ether oxygens (including phenoxy) is 1. The number of hydrogen-bond acceptors (Lipinski definition) is 10. The van der Waals surface area contributed by atoms with Crippen molar-refractivity contribution in [1.29, 1.82) is 0 Å². The number of nitrogens with two attached hydrogens (primary N) is 1. The van der Waals surface area contributed by atoms with Crippen LogP contribution in [-0.2, 0) is 19.1 Å². The van der Waals surface area contributed by atoms with Crippen LogP contribution in [0.1, 0.15) is 42.1 Å². The quantitative estimate of drug-likeness (QED) is 0.185. The van der Waals surface area contributed by atoms with Crippen LogP contribution in [0.5, 0.6) is 5.75 Å². The highest BCUT2D eigenvalue weighted by molar-refractivity contribution is 14.1. The Kier molecular flexibility index (Phi) is 6.66. The number of benzene rings is 1. The monoisotopic (exact) mass is 626 g/mol. The number of amides is 1. The molecular formula is C25H27IN2O9. The van der Waals surface area contributed by atoms with Crippen molar-refractivity contribution in [3.05, 3.63) is 49.5 Å². The van der Waals surface area contributed by atoms with Gasteiger partial charge in [-0.2, -0.15) is 0 Å². The average Bonchev–Trinajstić information content (AvgIpc) is 2.81. The predicted octanol–water partition coefficient (Wildman–Crippen LogP) is 1.22. The zero-order valence-electron chi connectivity index (χ0n) is 20.5. The molecule has 0 fully saturated rings.